The Morgan fingerprint density at radius 2 is 2.00 bits per heavy atom. The zero-order valence-electron chi connectivity index (χ0n) is 12.4. The van der Waals surface area contributed by atoms with Crippen LogP contribution in [-0.4, -0.2) is 30.1 Å². The van der Waals surface area contributed by atoms with Gasteiger partial charge < -0.3 is 4.74 Å². The Balaban J connectivity index is 2.15. The van der Waals surface area contributed by atoms with Crippen molar-refractivity contribution in [2.45, 2.75) is 51.7 Å². The smallest absolute Gasteiger partial charge is 0.337 e. The largest absolute Gasteiger partial charge is 0.465 e. The van der Waals surface area contributed by atoms with E-state index >= 15 is 0 Å². The highest BCUT2D eigenvalue weighted by Crippen LogP contribution is 2.27. The van der Waals surface area contributed by atoms with Crippen molar-refractivity contribution in [3.63, 3.8) is 0 Å². The number of nitrogens with zero attached hydrogens (tertiary/aromatic N) is 1. The number of carbonyl (C=O) groups is 1. The van der Waals surface area contributed by atoms with E-state index in [-0.39, 0.29) is 5.97 Å². The summed E-state index contributed by atoms with van der Waals surface area (Å²) in [5.41, 5.74) is 1.81. The topological polar surface area (TPSA) is 29.5 Å². The van der Waals surface area contributed by atoms with E-state index in [0.29, 0.717) is 17.6 Å². The van der Waals surface area contributed by atoms with Crippen LogP contribution in [0, 0.1) is 0 Å². The Bertz CT molecular complexity index is 479. The molecule has 0 amide bonds. The van der Waals surface area contributed by atoms with Gasteiger partial charge in [0, 0.05) is 23.1 Å². The van der Waals surface area contributed by atoms with Crippen LogP contribution in [0.3, 0.4) is 0 Å². The molecule has 110 valence electrons. The fourth-order valence-corrected chi connectivity index (χ4v) is 3.41. The number of piperidine rings is 1. The quantitative estimate of drug-likeness (QED) is 0.779. The number of hydrogen-bond acceptors (Lipinski definition) is 3. The average molecular weight is 340 g/mol. The Labute approximate surface area is 129 Å². The summed E-state index contributed by atoms with van der Waals surface area (Å²) in [7, 11) is 1.40. The molecule has 4 heteroatoms. The van der Waals surface area contributed by atoms with Crippen molar-refractivity contribution >= 4 is 21.9 Å². The fraction of sp³-hybridized carbons (Fsp3) is 0.562. The summed E-state index contributed by atoms with van der Waals surface area (Å²) >= 11 is 3.58. The maximum absolute atomic E-state index is 11.5. The van der Waals surface area contributed by atoms with Gasteiger partial charge in [-0.1, -0.05) is 28.4 Å². The van der Waals surface area contributed by atoms with Gasteiger partial charge in [0.2, 0.25) is 0 Å². The second-order valence-corrected chi connectivity index (χ2v) is 6.45. The van der Waals surface area contributed by atoms with E-state index in [4.69, 9.17) is 4.74 Å². The predicted molar refractivity (Wildman–Crippen MR) is 83.8 cm³/mol. The number of benzene rings is 1. The van der Waals surface area contributed by atoms with Crippen LogP contribution >= 0.6 is 15.9 Å². The molecular formula is C16H22BrNO2. The van der Waals surface area contributed by atoms with Gasteiger partial charge in [0.25, 0.3) is 0 Å². The molecule has 0 bridgehead atoms. The molecular weight excluding hydrogens is 318 g/mol. The van der Waals surface area contributed by atoms with E-state index in [0.717, 1.165) is 11.0 Å². The Kier molecular flexibility index (Phi) is 5.22. The molecule has 2 unspecified atom stereocenters. The highest BCUT2D eigenvalue weighted by atomic mass is 79.9. The lowest BCUT2D eigenvalue weighted by Gasteiger charge is -2.39. The van der Waals surface area contributed by atoms with E-state index in [9.17, 15) is 4.79 Å². The SMILES string of the molecule is COC(=O)c1ccc(CN2C(C)CCCC2C)c(Br)c1. The normalized spacial score (nSPS) is 23.6. The number of esters is 1. The van der Waals surface area contributed by atoms with Gasteiger partial charge in [0.15, 0.2) is 0 Å². The molecule has 2 atom stereocenters. The van der Waals surface area contributed by atoms with E-state index < -0.39 is 0 Å². The van der Waals surface area contributed by atoms with Gasteiger partial charge in [-0.05, 0) is 44.4 Å². The molecule has 0 aliphatic carbocycles. The second-order valence-electron chi connectivity index (χ2n) is 5.60. The Morgan fingerprint density at radius 1 is 1.35 bits per heavy atom. The molecule has 1 fully saturated rings. The summed E-state index contributed by atoms with van der Waals surface area (Å²) in [4.78, 5) is 14.1. The Hall–Kier alpha value is -0.870. The average Bonchev–Trinajstić information content (AvgIpc) is 2.43. The molecule has 20 heavy (non-hydrogen) atoms. The Morgan fingerprint density at radius 3 is 2.55 bits per heavy atom. The number of halogens is 1. The third kappa shape index (κ3) is 3.41. The van der Waals surface area contributed by atoms with E-state index in [1.54, 1.807) is 0 Å². The molecule has 1 aromatic carbocycles. The van der Waals surface area contributed by atoms with Gasteiger partial charge in [-0.3, -0.25) is 4.90 Å². The van der Waals surface area contributed by atoms with Crippen LogP contribution in [0.2, 0.25) is 0 Å². The van der Waals surface area contributed by atoms with E-state index in [1.807, 2.05) is 18.2 Å². The summed E-state index contributed by atoms with van der Waals surface area (Å²) in [6.07, 6.45) is 3.85. The molecule has 0 N–H and O–H groups in total. The van der Waals surface area contributed by atoms with Gasteiger partial charge in [-0.25, -0.2) is 4.79 Å². The summed E-state index contributed by atoms with van der Waals surface area (Å²) in [5.74, 6) is -0.294. The minimum atomic E-state index is -0.294. The first-order valence-corrected chi connectivity index (χ1v) is 7.94. The van der Waals surface area contributed by atoms with Gasteiger partial charge in [0.1, 0.15) is 0 Å². The summed E-state index contributed by atoms with van der Waals surface area (Å²) in [6.45, 7) is 5.52. The van der Waals surface area contributed by atoms with Gasteiger partial charge in [-0.2, -0.15) is 0 Å². The lowest BCUT2D eigenvalue weighted by atomic mass is 9.96. The number of carbonyl (C=O) groups excluding carboxylic acids is 1. The molecule has 1 heterocycles. The van der Waals surface area contributed by atoms with Gasteiger partial charge >= 0.3 is 5.97 Å². The maximum Gasteiger partial charge on any atom is 0.337 e. The van der Waals surface area contributed by atoms with Crippen LogP contribution in [0.5, 0.6) is 0 Å². The zero-order chi connectivity index (χ0) is 14.7. The first-order valence-electron chi connectivity index (χ1n) is 7.15. The summed E-state index contributed by atoms with van der Waals surface area (Å²) in [6, 6.07) is 6.94. The molecule has 3 nitrogen and oxygen atoms in total. The number of rotatable bonds is 3. The van der Waals surface area contributed by atoms with Crippen LogP contribution in [0.15, 0.2) is 22.7 Å². The molecule has 0 spiro atoms. The van der Waals surface area contributed by atoms with Crippen molar-refractivity contribution in [1.82, 2.24) is 4.90 Å². The van der Waals surface area contributed by atoms with Crippen molar-refractivity contribution in [3.8, 4) is 0 Å². The standard InChI is InChI=1S/C16H22BrNO2/c1-11-5-4-6-12(2)18(11)10-14-8-7-13(9-15(14)17)16(19)20-3/h7-9,11-12H,4-6,10H2,1-3H3. The molecule has 1 saturated heterocycles. The first-order chi connectivity index (χ1) is 9.52. The predicted octanol–water partition coefficient (Wildman–Crippen LogP) is 4.00. The first kappa shape index (κ1) is 15.5. The van der Waals surface area contributed by atoms with Crippen molar-refractivity contribution in [1.29, 1.82) is 0 Å². The minimum absolute atomic E-state index is 0.294. The minimum Gasteiger partial charge on any atom is -0.465 e. The van der Waals surface area contributed by atoms with Crippen molar-refractivity contribution in [2.75, 3.05) is 7.11 Å². The zero-order valence-corrected chi connectivity index (χ0v) is 13.9. The van der Waals surface area contributed by atoms with Crippen molar-refractivity contribution in [2.24, 2.45) is 0 Å². The van der Waals surface area contributed by atoms with Gasteiger partial charge in [-0.15, -0.1) is 0 Å². The van der Waals surface area contributed by atoms with Crippen LogP contribution in [0.1, 0.15) is 49.0 Å². The molecule has 1 aromatic rings. The van der Waals surface area contributed by atoms with Crippen LogP contribution in [0.4, 0.5) is 0 Å². The lowest BCUT2D eigenvalue weighted by Crippen LogP contribution is -2.43. The van der Waals surface area contributed by atoms with Crippen molar-refractivity contribution in [3.05, 3.63) is 33.8 Å². The van der Waals surface area contributed by atoms with Crippen LogP contribution < -0.4 is 0 Å². The molecule has 0 saturated carbocycles. The highest BCUT2D eigenvalue weighted by molar-refractivity contribution is 9.10. The molecule has 0 radical (unpaired) electrons. The van der Waals surface area contributed by atoms with Crippen LogP contribution in [-0.2, 0) is 11.3 Å². The fourth-order valence-electron chi connectivity index (χ4n) is 2.90. The van der Waals surface area contributed by atoms with E-state index in [2.05, 4.69) is 34.7 Å². The number of ether oxygens (including phenoxy) is 1. The molecule has 1 aliphatic heterocycles. The lowest BCUT2D eigenvalue weighted by molar-refractivity contribution is 0.0600. The van der Waals surface area contributed by atoms with Gasteiger partial charge in [0.05, 0.1) is 12.7 Å². The number of hydrogen-bond donors (Lipinski definition) is 0. The monoisotopic (exact) mass is 339 g/mol. The van der Waals surface area contributed by atoms with Crippen molar-refractivity contribution < 1.29 is 9.53 Å². The highest BCUT2D eigenvalue weighted by Gasteiger charge is 2.25. The number of likely N-dealkylation sites (tertiary alicyclic amines) is 1. The van der Waals surface area contributed by atoms with E-state index in [1.165, 1.54) is 31.9 Å². The van der Waals surface area contributed by atoms with Crippen LogP contribution in [0.25, 0.3) is 0 Å². The third-order valence-corrected chi connectivity index (χ3v) is 4.94. The third-order valence-electron chi connectivity index (χ3n) is 4.20. The molecule has 0 aromatic heterocycles. The maximum atomic E-state index is 11.5. The second kappa shape index (κ2) is 6.72. The molecule has 2 rings (SSSR count). The number of methoxy groups -OCH3 is 1. The summed E-state index contributed by atoms with van der Waals surface area (Å²) < 4.78 is 5.72. The molecule has 1 aliphatic rings. The summed E-state index contributed by atoms with van der Waals surface area (Å²) in [5, 5.41) is 0.